The molecule has 0 unspecified atom stereocenters. The first-order valence-corrected chi connectivity index (χ1v) is 6.55. The molecule has 1 N–H and O–H groups in total. The second-order valence-electron chi connectivity index (χ2n) is 4.04. The summed E-state index contributed by atoms with van der Waals surface area (Å²) in [4.78, 5) is 11.6. The van der Waals surface area contributed by atoms with Gasteiger partial charge in [0.05, 0.1) is 12.6 Å². The van der Waals surface area contributed by atoms with Crippen molar-refractivity contribution in [2.24, 2.45) is 5.10 Å². The number of carbonyl (C=O) groups excluding carboxylic acids is 1. The van der Waals surface area contributed by atoms with E-state index in [-0.39, 0.29) is 5.91 Å². The molecule has 0 aliphatic carbocycles. The largest absolute Gasteiger partial charge is 0.460 e. The summed E-state index contributed by atoms with van der Waals surface area (Å²) in [6, 6.07) is 11.2. The third-order valence-electron chi connectivity index (χ3n) is 2.42. The van der Waals surface area contributed by atoms with Gasteiger partial charge in [0.2, 0.25) is 5.91 Å². The molecule has 0 atom stereocenters. The molecule has 0 saturated heterocycles. The summed E-state index contributed by atoms with van der Waals surface area (Å²) in [5.74, 6) is 1.26. The number of furan rings is 1. The van der Waals surface area contributed by atoms with Gasteiger partial charge in [-0.2, -0.15) is 5.10 Å². The number of aryl methyl sites for hydroxylation is 1. The van der Waals surface area contributed by atoms with E-state index in [1.54, 1.807) is 6.07 Å². The average molecular weight is 321 g/mol. The highest BCUT2D eigenvalue weighted by molar-refractivity contribution is 9.10. The number of benzene rings is 1. The van der Waals surface area contributed by atoms with Crippen molar-refractivity contribution in [1.82, 2.24) is 5.43 Å². The highest BCUT2D eigenvalue weighted by atomic mass is 79.9. The highest BCUT2D eigenvalue weighted by Gasteiger charge is 2.02. The van der Waals surface area contributed by atoms with Gasteiger partial charge in [0.25, 0.3) is 0 Å². The molecular formula is C14H13BrN2O2. The molecule has 1 heterocycles. The monoisotopic (exact) mass is 320 g/mol. The van der Waals surface area contributed by atoms with Gasteiger partial charge < -0.3 is 4.42 Å². The number of halogens is 1. The molecule has 19 heavy (non-hydrogen) atoms. The van der Waals surface area contributed by atoms with Crippen LogP contribution in [-0.4, -0.2) is 12.1 Å². The maximum Gasteiger partial charge on any atom is 0.244 e. The molecule has 0 aliphatic heterocycles. The summed E-state index contributed by atoms with van der Waals surface area (Å²) < 4.78 is 6.28. The fourth-order valence-electron chi connectivity index (χ4n) is 1.52. The molecule has 1 aromatic carbocycles. The van der Waals surface area contributed by atoms with Gasteiger partial charge in [0, 0.05) is 4.47 Å². The van der Waals surface area contributed by atoms with Gasteiger partial charge in [0.1, 0.15) is 11.5 Å². The van der Waals surface area contributed by atoms with Crippen LogP contribution in [0, 0.1) is 6.92 Å². The second-order valence-corrected chi connectivity index (χ2v) is 4.96. The van der Waals surface area contributed by atoms with Crippen LogP contribution in [0.1, 0.15) is 17.1 Å². The van der Waals surface area contributed by atoms with E-state index in [1.807, 2.05) is 37.3 Å². The zero-order chi connectivity index (χ0) is 13.7. The number of hydrogen-bond donors (Lipinski definition) is 1. The van der Waals surface area contributed by atoms with E-state index in [0.717, 1.165) is 15.8 Å². The quantitative estimate of drug-likeness (QED) is 0.695. The zero-order valence-electron chi connectivity index (χ0n) is 10.4. The first-order valence-electron chi connectivity index (χ1n) is 5.76. The predicted octanol–water partition coefficient (Wildman–Crippen LogP) is 3.04. The lowest BCUT2D eigenvalue weighted by atomic mass is 10.1. The van der Waals surface area contributed by atoms with Crippen molar-refractivity contribution < 1.29 is 9.21 Å². The third-order valence-corrected chi connectivity index (χ3v) is 2.95. The van der Waals surface area contributed by atoms with E-state index in [4.69, 9.17) is 4.42 Å². The van der Waals surface area contributed by atoms with E-state index in [1.165, 1.54) is 6.21 Å². The van der Waals surface area contributed by atoms with Gasteiger partial charge in [-0.1, -0.05) is 28.1 Å². The van der Waals surface area contributed by atoms with Crippen LogP contribution >= 0.6 is 15.9 Å². The molecule has 1 aromatic heterocycles. The minimum absolute atomic E-state index is 0.165. The molecule has 2 rings (SSSR count). The zero-order valence-corrected chi connectivity index (χ0v) is 12.0. The van der Waals surface area contributed by atoms with Crippen molar-refractivity contribution in [3.63, 3.8) is 0 Å². The van der Waals surface area contributed by atoms with Gasteiger partial charge in [-0.05, 0) is 36.8 Å². The van der Waals surface area contributed by atoms with E-state index < -0.39 is 0 Å². The van der Waals surface area contributed by atoms with Gasteiger partial charge >= 0.3 is 0 Å². The minimum Gasteiger partial charge on any atom is -0.460 e. The van der Waals surface area contributed by atoms with Crippen molar-refractivity contribution in [2.45, 2.75) is 13.3 Å². The Hall–Kier alpha value is -1.88. The Kier molecular flexibility index (Phi) is 4.52. The molecule has 0 bridgehead atoms. The smallest absolute Gasteiger partial charge is 0.244 e. The van der Waals surface area contributed by atoms with Crippen LogP contribution in [0.15, 0.2) is 50.4 Å². The SMILES string of the molecule is Cc1ccc(/C=N\NC(=O)Cc2ccc(Br)cc2)o1. The number of nitrogens with zero attached hydrogens (tertiary/aromatic N) is 1. The number of rotatable bonds is 4. The Morgan fingerprint density at radius 1 is 1.32 bits per heavy atom. The molecule has 2 aromatic rings. The molecule has 0 saturated carbocycles. The summed E-state index contributed by atoms with van der Waals surface area (Å²) in [7, 11) is 0. The Labute approximate surface area is 119 Å². The Balaban J connectivity index is 1.84. The number of hydrazone groups is 1. The first kappa shape index (κ1) is 13.5. The van der Waals surface area contributed by atoms with Crippen LogP contribution in [-0.2, 0) is 11.2 Å². The summed E-state index contributed by atoms with van der Waals surface area (Å²) >= 11 is 3.35. The van der Waals surface area contributed by atoms with E-state index in [9.17, 15) is 4.79 Å². The first-order chi connectivity index (χ1) is 9.13. The van der Waals surface area contributed by atoms with Gasteiger partial charge in [-0.25, -0.2) is 5.43 Å². The Morgan fingerprint density at radius 2 is 2.05 bits per heavy atom. The maximum atomic E-state index is 11.6. The molecular weight excluding hydrogens is 308 g/mol. The molecule has 0 radical (unpaired) electrons. The molecule has 98 valence electrons. The fraction of sp³-hybridized carbons (Fsp3) is 0.143. The van der Waals surface area contributed by atoms with Gasteiger partial charge in [-0.15, -0.1) is 0 Å². The lowest BCUT2D eigenvalue weighted by Crippen LogP contribution is -2.19. The topological polar surface area (TPSA) is 54.6 Å². The highest BCUT2D eigenvalue weighted by Crippen LogP contribution is 2.10. The van der Waals surface area contributed by atoms with E-state index in [0.29, 0.717) is 12.2 Å². The standard InChI is InChI=1S/C14H13BrN2O2/c1-10-2-7-13(19-10)9-16-17-14(18)8-11-3-5-12(15)6-4-11/h2-7,9H,8H2,1H3,(H,17,18)/b16-9-. The van der Waals surface area contributed by atoms with Crippen molar-refractivity contribution in [3.8, 4) is 0 Å². The van der Waals surface area contributed by atoms with Crippen LogP contribution in [0.3, 0.4) is 0 Å². The van der Waals surface area contributed by atoms with E-state index >= 15 is 0 Å². The third kappa shape index (κ3) is 4.37. The molecule has 4 nitrogen and oxygen atoms in total. The minimum atomic E-state index is -0.165. The average Bonchev–Trinajstić information content (AvgIpc) is 2.78. The molecule has 0 fully saturated rings. The molecule has 1 amide bonds. The lowest BCUT2D eigenvalue weighted by Gasteiger charge is -2.00. The Bertz CT molecular complexity index is 588. The van der Waals surface area contributed by atoms with Crippen LogP contribution in [0.5, 0.6) is 0 Å². The van der Waals surface area contributed by atoms with Crippen molar-refractivity contribution in [1.29, 1.82) is 0 Å². The van der Waals surface area contributed by atoms with Gasteiger partial charge in [0.15, 0.2) is 0 Å². The van der Waals surface area contributed by atoms with Crippen molar-refractivity contribution >= 4 is 28.1 Å². The number of carbonyl (C=O) groups is 1. The van der Waals surface area contributed by atoms with Crippen LogP contribution in [0.25, 0.3) is 0 Å². The normalized spacial score (nSPS) is 10.8. The van der Waals surface area contributed by atoms with Crippen molar-refractivity contribution in [3.05, 3.63) is 58.0 Å². The summed E-state index contributed by atoms with van der Waals surface area (Å²) in [5, 5.41) is 3.84. The number of amides is 1. The second kappa shape index (κ2) is 6.33. The van der Waals surface area contributed by atoms with Crippen molar-refractivity contribution in [2.75, 3.05) is 0 Å². The van der Waals surface area contributed by atoms with Gasteiger partial charge in [-0.3, -0.25) is 4.79 Å². The molecule has 0 spiro atoms. The predicted molar refractivity (Wildman–Crippen MR) is 77.0 cm³/mol. The lowest BCUT2D eigenvalue weighted by molar-refractivity contribution is -0.120. The van der Waals surface area contributed by atoms with E-state index in [2.05, 4.69) is 26.5 Å². The van der Waals surface area contributed by atoms with Crippen LogP contribution in [0.2, 0.25) is 0 Å². The maximum absolute atomic E-state index is 11.6. The molecule has 0 aliphatic rings. The summed E-state index contributed by atoms with van der Waals surface area (Å²) in [6.45, 7) is 1.85. The number of nitrogens with one attached hydrogen (secondary N) is 1. The molecule has 5 heteroatoms. The Morgan fingerprint density at radius 3 is 2.68 bits per heavy atom. The summed E-state index contributed by atoms with van der Waals surface area (Å²) in [5.41, 5.74) is 3.40. The van der Waals surface area contributed by atoms with Crippen LogP contribution in [0.4, 0.5) is 0 Å². The number of hydrogen-bond acceptors (Lipinski definition) is 3. The fourth-order valence-corrected chi connectivity index (χ4v) is 1.78. The van der Waals surface area contributed by atoms with Crippen LogP contribution < -0.4 is 5.43 Å². The summed E-state index contributed by atoms with van der Waals surface area (Å²) in [6.07, 6.45) is 1.77.